The highest BCUT2D eigenvalue weighted by molar-refractivity contribution is 7.22. The number of anilines is 1. The summed E-state index contributed by atoms with van der Waals surface area (Å²) in [6, 6.07) is 15.6. The normalized spacial score (nSPS) is 17.4. The third kappa shape index (κ3) is 3.63. The number of benzene rings is 2. The molecule has 9 heteroatoms. The van der Waals surface area contributed by atoms with E-state index in [1.807, 2.05) is 61.7 Å². The number of carbonyl (C=O) groups excluding carboxylic acids is 2. The van der Waals surface area contributed by atoms with Gasteiger partial charge in [-0.2, -0.15) is 0 Å². The molecule has 1 unspecified atom stereocenters. The molecular weight excluding hydrogens is 508 g/mol. The maximum absolute atomic E-state index is 13.5. The number of aliphatic hydroxyl groups excluding tert-OH is 1. The van der Waals surface area contributed by atoms with E-state index in [1.165, 1.54) is 16.2 Å². The van der Waals surface area contributed by atoms with Gasteiger partial charge in [-0.05, 0) is 67.8 Å². The van der Waals surface area contributed by atoms with Crippen LogP contribution in [-0.4, -0.2) is 31.2 Å². The molecule has 1 amide bonds. The van der Waals surface area contributed by atoms with E-state index in [0.717, 1.165) is 21.3 Å². The molecule has 1 fully saturated rings. The molecule has 1 aliphatic rings. The number of carbonyl (C=O) groups is 2. The summed E-state index contributed by atoms with van der Waals surface area (Å²) in [5.74, 6) is -1.87. The second kappa shape index (κ2) is 8.54. The quantitative estimate of drug-likeness (QED) is 0.172. The van der Waals surface area contributed by atoms with Crippen LogP contribution in [-0.2, 0) is 9.59 Å². The number of amides is 1. The van der Waals surface area contributed by atoms with Crippen LogP contribution in [0.15, 0.2) is 66.4 Å². The zero-order valence-electron chi connectivity index (χ0n) is 20.2. The predicted octanol–water partition coefficient (Wildman–Crippen LogP) is 6.15. The maximum Gasteiger partial charge on any atom is 0.301 e. The Morgan fingerprint density at radius 3 is 2.51 bits per heavy atom. The number of aromatic nitrogens is 3. The van der Waals surface area contributed by atoms with E-state index in [-0.39, 0.29) is 17.0 Å². The highest BCUT2D eigenvalue weighted by Crippen LogP contribution is 2.44. The number of Topliss-reactive ketones (excluding diaryl/α,β-unsaturated/α-hetero) is 1. The second-order valence-corrected chi connectivity index (χ2v) is 10.6. The number of hydrogen-bond acceptors (Lipinski definition) is 6. The summed E-state index contributed by atoms with van der Waals surface area (Å²) in [5, 5.41) is 12.5. The van der Waals surface area contributed by atoms with Gasteiger partial charge in [0.05, 0.1) is 27.5 Å². The van der Waals surface area contributed by atoms with E-state index >= 15 is 0 Å². The molecule has 0 radical (unpaired) electrons. The SMILES string of the molecule is Cc1ccc2nc(N3C(=O)C(=O)/C(=C(/O)c4nc5c(C)cccn5c4C)C3c3ccc(Cl)cc3)sc2c1. The zero-order chi connectivity index (χ0) is 26.0. The lowest BCUT2D eigenvalue weighted by Gasteiger charge is -2.22. The van der Waals surface area contributed by atoms with Crippen molar-refractivity contribution in [1.29, 1.82) is 0 Å². The molecule has 4 heterocycles. The number of thiazole rings is 1. The third-order valence-corrected chi connectivity index (χ3v) is 7.95. The number of ketones is 1. The fraction of sp³-hybridized carbons (Fsp3) is 0.143. The molecule has 0 saturated carbocycles. The van der Waals surface area contributed by atoms with Gasteiger partial charge in [-0.15, -0.1) is 0 Å². The van der Waals surface area contributed by atoms with Crippen LogP contribution in [0.2, 0.25) is 5.02 Å². The van der Waals surface area contributed by atoms with Gasteiger partial charge in [0.25, 0.3) is 5.78 Å². The predicted molar refractivity (Wildman–Crippen MR) is 145 cm³/mol. The number of hydrogen-bond donors (Lipinski definition) is 1. The van der Waals surface area contributed by atoms with Crippen molar-refractivity contribution in [2.45, 2.75) is 26.8 Å². The smallest absolute Gasteiger partial charge is 0.301 e. The number of halogens is 1. The minimum Gasteiger partial charge on any atom is -0.505 e. The number of nitrogens with zero attached hydrogens (tertiary/aromatic N) is 4. The number of imidazole rings is 1. The van der Waals surface area contributed by atoms with Crippen LogP contribution in [0.5, 0.6) is 0 Å². The summed E-state index contributed by atoms with van der Waals surface area (Å²) in [7, 11) is 0. The van der Waals surface area contributed by atoms with Gasteiger partial charge in [0, 0.05) is 11.2 Å². The van der Waals surface area contributed by atoms with Gasteiger partial charge < -0.3 is 9.51 Å². The molecule has 0 bridgehead atoms. The standard InChI is InChI=1S/C28H21ClN4O3S/c1-14-6-11-19-20(13-14)37-28(30-19)33-23(17-7-9-18(29)10-8-17)21(25(35)27(33)36)24(34)22-16(3)32-12-4-5-15(2)26(32)31-22/h4-13,23,34H,1-3H3/b24-21+. The van der Waals surface area contributed by atoms with E-state index in [0.29, 0.717) is 27.1 Å². The first-order valence-electron chi connectivity index (χ1n) is 11.6. The van der Waals surface area contributed by atoms with Crippen molar-refractivity contribution in [1.82, 2.24) is 14.4 Å². The first-order chi connectivity index (χ1) is 17.7. The summed E-state index contributed by atoms with van der Waals surface area (Å²) in [4.78, 5) is 37.7. The molecule has 1 aliphatic heterocycles. The highest BCUT2D eigenvalue weighted by Gasteiger charge is 2.48. The van der Waals surface area contributed by atoms with Crippen LogP contribution in [0.4, 0.5) is 5.13 Å². The molecule has 184 valence electrons. The summed E-state index contributed by atoms with van der Waals surface area (Å²) in [6.07, 6.45) is 1.85. The molecule has 1 atom stereocenters. The Kier molecular flexibility index (Phi) is 5.40. The van der Waals surface area contributed by atoms with Crippen LogP contribution in [0, 0.1) is 20.8 Å². The lowest BCUT2D eigenvalue weighted by molar-refractivity contribution is -0.132. The summed E-state index contributed by atoms with van der Waals surface area (Å²) >= 11 is 7.47. The zero-order valence-corrected chi connectivity index (χ0v) is 21.8. The van der Waals surface area contributed by atoms with Crippen LogP contribution in [0.3, 0.4) is 0 Å². The van der Waals surface area contributed by atoms with Crippen LogP contribution in [0.25, 0.3) is 21.6 Å². The maximum atomic E-state index is 13.5. The fourth-order valence-corrected chi connectivity index (χ4v) is 6.00. The number of aliphatic hydroxyl groups is 1. The van der Waals surface area contributed by atoms with Crippen LogP contribution >= 0.6 is 22.9 Å². The molecule has 3 aromatic heterocycles. The topological polar surface area (TPSA) is 87.8 Å². The Labute approximate surface area is 221 Å². The molecule has 1 saturated heterocycles. The van der Waals surface area contributed by atoms with E-state index in [2.05, 4.69) is 9.97 Å². The van der Waals surface area contributed by atoms with Gasteiger partial charge in [-0.3, -0.25) is 14.5 Å². The van der Waals surface area contributed by atoms with Gasteiger partial charge in [0.15, 0.2) is 10.9 Å². The molecule has 1 N–H and O–H groups in total. The fourth-order valence-electron chi connectivity index (χ4n) is 4.79. The van der Waals surface area contributed by atoms with Gasteiger partial charge >= 0.3 is 5.91 Å². The largest absolute Gasteiger partial charge is 0.505 e. The van der Waals surface area contributed by atoms with Crippen molar-refractivity contribution in [2.24, 2.45) is 0 Å². The average Bonchev–Trinajstić information content (AvgIpc) is 3.52. The second-order valence-electron chi connectivity index (χ2n) is 9.12. The van der Waals surface area contributed by atoms with Crippen molar-refractivity contribution < 1.29 is 14.7 Å². The molecule has 37 heavy (non-hydrogen) atoms. The number of aryl methyl sites for hydroxylation is 3. The summed E-state index contributed by atoms with van der Waals surface area (Å²) in [6.45, 7) is 5.72. The Bertz CT molecular complexity index is 1780. The van der Waals surface area contributed by atoms with Crippen molar-refractivity contribution in [3.8, 4) is 0 Å². The lowest BCUT2D eigenvalue weighted by Crippen LogP contribution is -2.29. The average molecular weight is 529 g/mol. The first kappa shape index (κ1) is 23.4. The lowest BCUT2D eigenvalue weighted by atomic mass is 9.96. The van der Waals surface area contributed by atoms with Gasteiger partial charge in [0.1, 0.15) is 11.3 Å². The van der Waals surface area contributed by atoms with Crippen molar-refractivity contribution in [3.63, 3.8) is 0 Å². The number of fused-ring (bicyclic) bond motifs is 2. The molecule has 0 aliphatic carbocycles. The van der Waals surface area contributed by atoms with E-state index in [1.54, 1.807) is 24.3 Å². The van der Waals surface area contributed by atoms with Crippen LogP contribution < -0.4 is 4.90 Å². The van der Waals surface area contributed by atoms with E-state index < -0.39 is 17.7 Å². The van der Waals surface area contributed by atoms with Gasteiger partial charge in [-0.25, -0.2) is 9.97 Å². The Morgan fingerprint density at radius 2 is 1.78 bits per heavy atom. The molecule has 2 aromatic carbocycles. The number of pyridine rings is 1. The minimum atomic E-state index is -0.899. The molecular formula is C28H21ClN4O3S. The van der Waals surface area contributed by atoms with Crippen molar-refractivity contribution in [3.05, 3.63) is 99.5 Å². The van der Waals surface area contributed by atoms with Crippen LogP contribution in [0.1, 0.15) is 34.1 Å². The van der Waals surface area contributed by atoms with E-state index in [9.17, 15) is 14.7 Å². The summed E-state index contributed by atoms with van der Waals surface area (Å²) in [5.41, 5.74) is 4.89. The van der Waals surface area contributed by atoms with Crippen molar-refractivity contribution in [2.75, 3.05) is 4.90 Å². The molecule has 0 spiro atoms. The van der Waals surface area contributed by atoms with E-state index in [4.69, 9.17) is 11.6 Å². The Morgan fingerprint density at radius 1 is 1.03 bits per heavy atom. The Balaban J connectivity index is 1.60. The minimum absolute atomic E-state index is 0.0353. The molecule has 7 nitrogen and oxygen atoms in total. The number of rotatable bonds is 3. The Hall–Kier alpha value is -4.01. The van der Waals surface area contributed by atoms with Gasteiger partial charge in [-0.1, -0.05) is 47.2 Å². The molecule has 5 aromatic rings. The molecule has 6 rings (SSSR count). The monoisotopic (exact) mass is 528 g/mol. The van der Waals surface area contributed by atoms with Crippen molar-refractivity contribution >= 4 is 61.4 Å². The summed E-state index contributed by atoms with van der Waals surface area (Å²) < 4.78 is 2.76. The van der Waals surface area contributed by atoms with Gasteiger partial charge in [0.2, 0.25) is 0 Å². The third-order valence-electron chi connectivity index (χ3n) is 6.68. The first-order valence-corrected chi connectivity index (χ1v) is 12.8. The highest BCUT2D eigenvalue weighted by atomic mass is 35.5.